The molecule has 1 aromatic rings. The Labute approximate surface area is 101 Å². The molecule has 0 bridgehead atoms. The van der Waals surface area contributed by atoms with Gasteiger partial charge >= 0.3 is 0 Å². The van der Waals surface area contributed by atoms with E-state index in [1.807, 2.05) is 12.4 Å². The third-order valence-corrected chi connectivity index (χ3v) is 3.96. The molecule has 1 unspecified atom stereocenters. The minimum absolute atomic E-state index is 0.00919. The molecule has 16 heavy (non-hydrogen) atoms. The zero-order valence-corrected chi connectivity index (χ0v) is 11.4. The lowest BCUT2D eigenvalue weighted by Gasteiger charge is -2.35. The van der Waals surface area contributed by atoms with Gasteiger partial charge in [0.2, 0.25) is 0 Å². The van der Waals surface area contributed by atoms with Crippen LogP contribution in [-0.2, 0) is 0 Å². The first kappa shape index (κ1) is 13.0. The highest BCUT2D eigenvalue weighted by Gasteiger charge is 2.28. The molecule has 1 heterocycles. The standard InChI is InChI=1S/C12H20N2OS/c1-8(12(2,3)4)14(5)11(15)10-9(13)6-7-16-10/h6-8H,13H2,1-5H3. The van der Waals surface area contributed by atoms with Crippen LogP contribution in [0.1, 0.15) is 37.4 Å². The monoisotopic (exact) mass is 240 g/mol. The summed E-state index contributed by atoms with van der Waals surface area (Å²) in [7, 11) is 1.83. The smallest absolute Gasteiger partial charge is 0.266 e. The molecule has 1 rings (SSSR count). The van der Waals surface area contributed by atoms with Gasteiger partial charge in [0.05, 0.1) is 5.69 Å². The molecule has 0 aliphatic rings. The third kappa shape index (κ3) is 2.55. The molecule has 1 atom stereocenters. The van der Waals surface area contributed by atoms with Crippen LogP contribution in [0.2, 0.25) is 0 Å². The van der Waals surface area contributed by atoms with Gasteiger partial charge in [-0.15, -0.1) is 11.3 Å². The first-order valence-electron chi connectivity index (χ1n) is 5.35. The van der Waals surface area contributed by atoms with Crippen molar-refractivity contribution in [3.05, 3.63) is 16.3 Å². The van der Waals surface area contributed by atoms with Crippen LogP contribution in [0.25, 0.3) is 0 Å². The van der Waals surface area contributed by atoms with Crippen LogP contribution >= 0.6 is 11.3 Å². The number of nitrogens with zero attached hydrogens (tertiary/aromatic N) is 1. The topological polar surface area (TPSA) is 46.3 Å². The molecule has 0 aliphatic heterocycles. The van der Waals surface area contributed by atoms with E-state index in [0.717, 1.165) is 0 Å². The van der Waals surface area contributed by atoms with E-state index in [0.29, 0.717) is 10.6 Å². The van der Waals surface area contributed by atoms with Crippen molar-refractivity contribution in [3.8, 4) is 0 Å². The quantitative estimate of drug-likeness (QED) is 0.864. The molecule has 1 amide bonds. The Morgan fingerprint density at radius 3 is 2.44 bits per heavy atom. The number of anilines is 1. The number of hydrogen-bond donors (Lipinski definition) is 1. The minimum atomic E-state index is 0.00919. The van der Waals surface area contributed by atoms with Gasteiger partial charge in [-0.25, -0.2) is 0 Å². The fourth-order valence-corrected chi connectivity index (χ4v) is 2.21. The number of carbonyl (C=O) groups excluding carboxylic acids is 1. The molecule has 0 spiro atoms. The van der Waals surface area contributed by atoms with E-state index in [9.17, 15) is 4.79 Å². The second kappa shape index (κ2) is 4.45. The molecule has 90 valence electrons. The molecule has 0 aromatic carbocycles. The molecule has 0 saturated carbocycles. The van der Waals surface area contributed by atoms with E-state index >= 15 is 0 Å². The molecule has 0 fully saturated rings. The normalized spacial score (nSPS) is 13.6. The van der Waals surface area contributed by atoms with Gasteiger partial charge in [-0.1, -0.05) is 20.8 Å². The summed E-state index contributed by atoms with van der Waals surface area (Å²) >= 11 is 1.40. The number of nitrogens with two attached hydrogens (primary N) is 1. The molecule has 3 nitrogen and oxygen atoms in total. The molecule has 2 N–H and O–H groups in total. The number of nitrogen functional groups attached to an aromatic ring is 1. The number of carbonyl (C=O) groups is 1. The van der Waals surface area contributed by atoms with Gasteiger partial charge in [0.15, 0.2) is 0 Å². The average molecular weight is 240 g/mol. The zero-order valence-electron chi connectivity index (χ0n) is 10.6. The van der Waals surface area contributed by atoms with Gasteiger partial charge in [0, 0.05) is 13.1 Å². The van der Waals surface area contributed by atoms with E-state index in [4.69, 9.17) is 5.73 Å². The molecule has 0 aliphatic carbocycles. The van der Waals surface area contributed by atoms with Gasteiger partial charge < -0.3 is 10.6 Å². The number of thiophene rings is 1. The van der Waals surface area contributed by atoms with E-state index in [2.05, 4.69) is 27.7 Å². The summed E-state index contributed by atoms with van der Waals surface area (Å²) in [5, 5.41) is 1.85. The van der Waals surface area contributed by atoms with Crippen LogP contribution in [0.4, 0.5) is 5.69 Å². The zero-order chi connectivity index (χ0) is 12.5. The first-order chi connectivity index (χ1) is 7.25. The van der Waals surface area contributed by atoms with Crippen LogP contribution in [0.15, 0.2) is 11.4 Å². The summed E-state index contributed by atoms with van der Waals surface area (Å²) in [6.45, 7) is 8.43. The Bertz CT molecular complexity index is 379. The van der Waals surface area contributed by atoms with Gasteiger partial charge in [-0.05, 0) is 23.8 Å². The van der Waals surface area contributed by atoms with Crippen molar-refractivity contribution in [1.29, 1.82) is 0 Å². The van der Waals surface area contributed by atoms with E-state index in [1.54, 1.807) is 11.0 Å². The van der Waals surface area contributed by atoms with Crippen molar-refractivity contribution < 1.29 is 4.79 Å². The number of amides is 1. The summed E-state index contributed by atoms with van der Waals surface area (Å²) < 4.78 is 0. The second-order valence-corrected chi connectivity index (χ2v) is 6.08. The number of hydrogen-bond acceptors (Lipinski definition) is 3. The van der Waals surface area contributed by atoms with Crippen LogP contribution in [0.3, 0.4) is 0 Å². The van der Waals surface area contributed by atoms with E-state index in [-0.39, 0.29) is 17.4 Å². The lowest BCUT2D eigenvalue weighted by Crippen LogP contribution is -2.42. The lowest BCUT2D eigenvalue weighted by molar-refractivity contribution is 0.0635. The van der Waals surface area contributed by atoms with Crippen molar-refractivity contribution in [3.63, 3.8) is 0 Å². The Balaban J connectivity index is 2.88. The fourth-order valence-electron chi connectivity index (χ4n) is 1.41. The van der Waals surface area contributed by atoms with Crippen LogP contribution in [-0.4, -0.2) is 23.9 Å². The van der Waals surface area contributed by atoms with E-state index < -0.39 is 0 Å². The highest BCUT2D eigenvalue weighted by molar-refractivity contribution is 7.12. The molecule has 1 aromatic heterocycles. The summed E-state index contributed by atoms with van der Waals surface area (Å²) in [6.07, 6.45) is 0. The van der Waals surface area contributed by atoms with Gasteiger partial charge in [-0.2, -0.15) is 0 Å². The van der Waals surface area contributed by atoms with E-state index in [1.165, 1.54) is 11.3 Å². The Morgan fingerprint density at radius 2 is 2.06 bits per heavy atom. The second-order valence-electron chi connectivity index (χ2n) is 5.16. The molecule has 0 saturated heterocycles. The largest absolute Gasteiger partial charge is 0.397 e. The summed E-state index contributed by atoms with van der Waals surface area (Å²) in [6, 6.07) is 1.94. The fraction of sp³-hybridized carbons (Fsp3) is 0.583. The van der Waals surface area contributed by atoms with Gasteiger partial charge in [0.25, 0.3) is 5.91 Å². The Hall–Kier alpha value is -1.03. The maximum Gasteiger partial charge on any atom is 0.266 e. The summed E-state index contributed by atoms with van der Waals surface area (Å²) in [4.78, 5) is 14.6. The lowest BCUT2D eigenvalue weighted by atomic mass is 9.87. The Kier molecular flexibility index (Phi) is 3.63. The SMILES string of the molecule is CC(N(C)C(=O)c1sccc1N)C(C)(C)C. The Morgan fingerprint density at radius 1 is 1.50 bits per heavy atom. The third-order valence-electron chi connectivity index (χ3n) is 3.04. The van der Waals surface area contributed by atoms with Gasteiger partial charge in [0.1, 0.15) is 4.88 Å². The van der Waals surface area contributed by atoms with Crippen molar-refractivity contribution in [2.45, 2.75) is 33.7 Å². The van der Waals surface area contributed by atoms with Gasteiger partial charge in [-0.3, -0.25) is 4.79 Å². The first-order valence-corrected chi connectivity index (χ1v) is 6.23. The van der Waals surface area contributed by atoms with Crippen molar-refractivity contribution in [1.82, 2.24) is 4.90 Å². The maximum absolute atomic E-state index is 12.2. The summed E-state index contributed by atoms with van der Waals surface area (Å²) in [5.74, 6) is 0.00919. The predicted molar refractivity (Wildman–Crippen MR) is 69.7 cm³/mol. The van der Waals surface area contributed by atoms with Crippen LogP contribution in [0, 0.1) is 5.41 Å². The van der Waals surface area contributed by atoms with Crippen LogP contribution in [0.5, 0.6) is 0 Å². The molecule has 0 radical (unpaired) electrons. The van der Waals surface area contributed by atoms with Crippen molar-refractivity contribution >= 4 is 22.9 Å². The maximum atomic E-state index is 12.2. The van der Waals surface area contributed by atoms with Crippen LogP contribution < -0.4 is 5.73 Å². The highest BCUT2D eigenvalue weighted by Crippen LogP contribution is 2.27. The number of rotatable bonds is 2. The molecular formula is C12H20N2OS. The highest BCUT2D eigenvalue weighted by atomic mass is 32.1. The minimum Gasteiger partial charge on any atom is -0.397 e. The predicted octanol–water partition coefficient (Wildman–Crippen LogP) is 2.84. The summed E-state index contributed by atoms with van der Waals surface area (Å²) in [5.41, 5.74) is 6.39. The average Bonchev–Trinajstić information content (AvgIpc) is 2.59. The van der Waals surface area contributed by atoms with Crippen molar-refractivity contribution in [2.75, 3.05) is 12.8 Å². The molecular weight excluding hydrogens is 220 g/mol. The van der Waals surface area contributed by atoms with Crippen molar-refractivity contribution in [2.24, 2.45) is 5.41 Å². The molecule has 4 heteroatoms.